The van der Waals surface area contributed by atoms with Gasteiger partial charge in [0, 0.05) is 5.56 Å². The van der Waals surface area contributed by atoms with E-state index < -0.39 is 23.3 Å². The number of benzene rings is 2. The first-order valence-corrected chi connectivity index (χ1v) is 8.73. The second-order valence-electron chi connectivity index (χ2n) is 6.26. The van der Waals surface area contributed by atoms with E-state index in [1.165, 1.54) is 25.1 Å². The maximum absolute atomic E-state index is 14.0. The fraction of sp³-hybridized carbons (Fsp3) is 0.158. The summed E-state index contributed by atoms with van der Waals surface area (Å²) in [4.78, 5) is 16.1. The molecule has 0 amide bonds. The lowest BCUT2D eigenvalue weighted by molar-refractivity contribution is -0.269. The van der Waals surface area contributed by atoms with Crippen LogP contribution >= 0.6 is 23.2 Å². The average Bonchev–Trinajstić information content (AvgIpc) is 3.07. The number of nitrogens with one attached hydrogen (secondary N) is 1. The molecule has 0 saturated carbocycles. The molecule has 1 aliphatic rings. The summed E-state index contributed by atoms with van der Waals surface area (Å²) >= 11 is 11.8. The second kappa shape index (κ2) is 7.26. The van der Waals surface area contributed by atoms with Crippen LogP contribution in [-0.2, 0) is 10.4 Å². The number of carbonyl (C=O) groups is 1. The molecule has 2 N–H and O–H groups in total. The summed E-state index contributed by atoms with van der Waals surface area (Å²) in [5.74, 6) is -1.15. The summed E-state index contributed by atoms with van der Waals surface area (Å²) in [5.41, 5.74) is -0.547. The van der Waals surface area contributed by atoms with E-state index >= 15 is 0 Å². The van der Waals surface area contributed by atoms with Crippen molar-refractivity contribution in [3.63, 3.8) is 0 Å². The molecule has 150 valence electrons. The van der Waals surface area contributed by atoms with Crippen molar-refractivity contribution >= 4 is 34.9 Å². The quantitative estimate of drug-likeness (QED) is 0.681. The van der Waals surface area contributed by atoms with Crippen LogP contribution in [0, 0.1) is 18.3 Å². The lowest BCUT2D eigenvalue weighted by Crippen LogP contribution is -2.42. The van der Waals surface area contributed by atoms with Gasteiger partial charge in [0.2, 0.25) is 5.60 Å². The smallest absolute Gasteiger partial charge is 0.428 e. The molecule has 0 radical (unpaired) electrons. The Morgan fingerprint density at radius 2 is 1.86 bits per heavy atom. The van der Waals surface area contributed by atoms with E-state index in [2.05, 4.69) is 5.48 Å². The van der Waals surface area contributed by atoms with Crippen LogP contribution in [0.3, 0.4) is 0 Å². The van der Waals surface area contributed by atoms with Crippen molar-refractivity contribution in [1.29, 1.82) is 5.26 Å². The summed E-state index contributed by atoms with van der Waals surface area (Å²) in [6.07, 6.45) is -4.09. The maximum Gasteiger partial charge on any atom is 0.428 e. The van der Waals surface area contributed by atoms with Crippen LogP contribution in [0.2, 0.25) is 10.0 Å². The topological polar surface area (TPSA) is 82.3 Å². The number of carboxylic acid groups (broad SMARTS) is 1. The number of nitriles is 1. The van der Waals surface area contributed by atoms with Gasteiger partial charge >= 0.3 is 12.1 Å². The molecule has 10 heteroatoms. The van der Waals surface area contributed by atoms with E-state index in [1.807, 2.05) is 0 Å². The van der Waals surface area contributed by atoms with Crippen LogP contribution in [0.15, 0.2) is 36.4 Å². The first kappa shape index (κ1) is 21.0. The highest BCUT2D eigenvalue weighted by atomic mass is 35.5. The molecule has 0 saturated heterocycles. The van der Waals surface area contributed by atoms with Crippen LogP contribution in [0.5, 0.6) is 0 Å². The Balaban J connectivity index is 2.15. The van der Waals surface area contributed by atoms with Crippen LogP contribution in [0.25, 0.3) is 5.70 Å². The van der Waals surface area contributed by atoms with E-state index in [0.717, 1.165) is 18.2 Å². The highest BCUT2D eigenvalue weighted by Crippen LogP contribution is 2.48. The normalized spacial score (nSPS) is 18.7. The van der Waals surface area contributed by atoms with Gasteiger partial charge in [-0.05, 0) is 48.4 Å². The fourth-order valence-electron chi connectivity index (χ4n) is 2.95. The number of carboxylic acids is 1. The molecular formula is C19H11Cl2F3N2O3. The number of hydroxylamine groups is 1. The van der Waals surface area contributed by atoms with E-state index in [0.29, 0.717) is 11.1 Å². The molecule has 2 aromatic rings. The van der Waals surface area contributed by atoms with Gasteiger partial charge < -0.3 is 5.11 Å². The molecule has 29 heavy (non-hydrogen) atoms. The summed E-state index contributed by atoms with van der Waals surface area (Å²) in [6, 6.07) is 7.75. The SMILES string of the molecule is Cc1cc(C2=CC(c3cc(Cl)c(C#N)c(Cl)c3)(C(F)(F)F)ON2)ccc1C(=O)O. The van der Waals surface area contributed by atoms with Gasteiger partial charge in [-0.3, -0.25) is 10.3 Å². The Morgan fingerprint density at radius 1 is 1.24 bits per heavy atom. The maximum atomic E-state index is 14.0. The Labute approximate surface area is 172 Å². The standard InChI is InChI=1S/C19H11Cl2F3N2O3/c1-9-4-10(2-3-12(9)17(27)28)16-7-18(29-26-16,19(22,23)24)11-5-14(20)13(8-25)15(21)6-11/h2-7,26H,1H3,(H,27,28). The van der Waals surface area contributed by atoms with Gasteiger partial charge in [-0.2, -0.15) is 18.4 Å². The number of rotatable bonds is 3. The van der Waals surface area contributed by atoms with E-state index in [4.69, 9.17) is 38.4 Å². The van der Waals surface area contributed by atoms with Crippen molar-refractivity contribution in [2.45, 2.75) is 18.7 Å². The van der Waals surface area contributed by atoms with Crippen LogP contribution in [0.4, 0.5) is 13.2 Å². The third-order valence-electron chi connectivity index (χ3n) is 4.44. The molecule has 0 aliphatic carbocycles. The lowest BCUT2D eigenvalue weighted by atomic mass is 9.90. The van der Waals surface area contributed by atoms with Crippen molar-refractivity contribution in [3.8, 4) is 6.07 Å². The lowest BCUT2D eigenvalue weighted by Gasteiger charge is -2.29. The third-order valence-corrected chi connectivity index (χ3v) is 5.04. The van der Waals surface area contributed by atoms with Crippen molar-refractivity contribution in [2.75, 3.05) is 0 Å². The number of hydrogen-bond acceptors (Lipinski definition) is 4. The van der Waals surface area contributed by atoms with E-state index in [-0.39, 0.29) is 26.9 Å². The fourth-order valence-corrected chi connectivity index (χ4v) is 3.52. The number of hydrogen-bond donors (Lipinski definition) is 2. The minimum atomic E-state index is -4.90. The summed E-state index contributed by atoms with van der Waals surface area (Å²) in [6.45, 7) is 1.53. The first-order chi connectivity index (χ1) is 13.5. The number of halogens is 5. The van der Waals surface area contributed by atoms with Crippen LogP contribution in [-0.4, -0.2) is 17.3 Å². The molecule has 0 fully saturated rings. The van der Waals surface area contributed by atoms with Crippen molar-refractivity contribution in [1.82, 2.24) is 5.48 Å². The highest BCUT2D eigenvalue weighted by Gasteiger charge is 2.59. The van der Waals surface area contributed by atoms with Gasteiger partial charge in [0.05, 0.1) is 26.9 Å². The first-order valence-electron chi connectivity index (χ1n) is 7.97. The summed E-state index contributed by atoms with van der Waals surface area (Å²) < 4.78 is 42.1. The Kier molecular flexibility index (Phi) is 5.26. The monoisotopic (exact) mass is 442 g/mol. The molecule has 1 atom stereocenters. The number of aromatic carboxylic acids is 1. The van der Waals surface area contributed by atoms with Gasteiger partial charge in [-0.15, -0.1) is 0 Å². The molecule has 5 nitrogen and oxygen atoms in total. The number of alkyl halides is 3. The molecule has 3 rings (SSSR count). The molecule has 1 aliphatic heterocycles. The van der Waals surface area contributed by atoms with Crippen molar-refractivity contribution in [2.24, 2.45) is 0 Å². The second-order valence-corrected chi connectivity index (χ2v) is 7.07. The minimum absolute atomic E-state index is 0.0148. The van der Waals surface area contributed by atoms with Crippen LogP contribution < -0.4 is 5.48 Å². The zero-order valence-electron chi connectivity index (χ0n) is 14.6. The summed E-state index contributed by atoms with van der Waals surface area (Å²) in [5, 5.41) is 17.6. The predicted octanol–water partition coefficient (Wildman–Crippen LogP) is 5.21. The Bertz CT molecular complexity index is 1070. The Hall–Kier alpha value is -2.73. The molecular weight excluding hydrogens is 432 g/mol. The van der Waals surface area contributed by atoms with Gasteiger partial charge in [0.15, 0.2) is 0 Å². The predicted molar refractivity (Wildman–Crippen MR) is 99.2 cm³/mol. The van der Waals surface area contributed by atoms with Crippen LogP contribution in [0.1, 0.15) is 32.6 Å². The zero-order valence-corrected chi connectivity index (χ0v) is 16.1. The van der Waals surface area contributed by atoms with Gasteiger partial charge in [-0.1, -0.05) is 29.3 Å². The van der Waals surface area contributed by atoms with E-state index in [1.54, 1.807) is 6.07 Å². The zero-order chi connectivity index (χ0) is 21.6. The highest BCUT2D eigenvalue weighted by molar-refractivity contribution is 6.36. The van der Waals surface area contributed by atoms with E-state index in [9.17, 15) is 18.0 Å². The summed E-state index contributed by atoms with van der Waals surface area (Å²) in [7, 11) is 0. The molecule has 1 heterocycles. The minimum Gasteiger partial charge on any atom is -0.478 e. The van der Waals surface area contributed by atoms with Gasteiger partial charge in [-0.25, -0.2) is 4.79 Å². The number of nitrogens with zero attached hydrogens (tertiary/aromatic N) is 1. The average molecular weight is 443 g/mol. The number of aryl methyl sites for hydroxylation is 1. The third kappa shape index (κ3) is 3.53. The van der Waals surface area contributed by atoms with Gasteiger partial charge in [0.25, 0.3) is 0 Å². The van der Waals surface area contributed by atoms with Crippen molar-refractivity contribution < 1.29 is 27.9 Å². The largest absolute Gasteiger partial charge is 0.478 e. The van der Waals surface area contributed by atoms with Crippen molar-refractivity contribution in [3.05, 3.63) is 74.3 Å². The Morgan fingerprint density at radius 3 is 2.34 bits per heavy atom. The molecule has 1 unspecified atom stereocenters. The molecule has 0 spiro atoms. The molecule has 0 bridgehead atoms. The molecule has 2 aromatic carbocycles. The van der Waals surface area contributed by atoms with Gasteiger partial charge in [0.1, 0.15) is 6.07 Å². The molecule has 0 aromatic heterocycles.